The molecule has 1 aromatic heterocycles. The third kappa shape index (κ3) is 2.74. The lowest BCUT2D eigenvalue weighted by Gasteiger charge is -2.18. The van der Waals surface area contributed by atoms with Crippen molar-refractivity contribution in [3.63, 3.8) is 0 Å². The van der Waals surface area contributed by atoms with E-state index in [4.69, 9.17) is 21.1 Å². The van der Waals surface area contributed by atoms with E-state index in [0.717, 1.165) is 6.42 Å². The second-order valence-electron chi connectivity index (χ2n) is 4.82. The predicted molar refractivity (Wildman–Crippen MR) is 81.3 cm³/mol. The second kappa shape index (κ2) is 5.77. The Hall–Kier alpha value is -2.01. The summed E-state index contributed by atoms with van der Waals surface area (Å²) in [5.41, 5.74) is 2.44. The number of halogens is 1. The summed E-state index contributed by atoms with van der Waals surface area (Å²) in [6, 6.07) is 9.81. The molecular formula is C15H16ClN3O2. The van der Waals surface area contributed by atoms with Gasteiger partial charge in [-0.1, -0.05) is 24.3 Å². The van der Waals surface area contributed by atoms with Crippen molar-refractivity contribution in [2.24, 2.45) is 0 Å². The summed E-state index contributed by atoms with van der Waals surface area (Å²) in [7, 11) is 3.11. The Bertz CT molecular complexity index is 628. The molecule has 110 valence electrons. The number of alkyl halides is 1. The monoisotopic (exact) mass is 305 g/mol. The summed E-state index contributed by atoms with van der Waals surface area (Å²) in [4.78, 5) is 8.58. The first-order valence-electron chi connectivity index (χ1n) is 6.66. The van der Waals surface area contributed by atoms with Crippen LogP contribution in [-0.2, 0) is 6.42 Å². The highest BCUT2D eigenvalue weighted by Gasteiger charge is 2.31. The van der Waals surface area contributed by atoms with Crippen LogP contribution in [0.4, 0.5) is 5.95 Å². The maximum absolute atomic E-state index is 6.46. The predicted octanol–water partition coefficient (Wildman–Crippen LogP) is 2.81. The molecule has 2 unspecified atom stereocenters. The summed E-state index contributed by atoms with van der Waals surface area (Å²) in [5.74, 6) is 1.34. The molecule has 5 nitrogen and oxygen atoms in total. The van der Waals surface area contributed by atoms with E-state index in [1.54, 1.807) is 20.3 Å². The van der Waals surface area contributed by atoms with Gasteiger partial charge in [-0.05, 0) is 17.5 Å². The van der Waals surface area contributed by atoms with E-state index in [1.807, 2.05) is 12.1 Å². The quantitative estimate of drug-likeness (QED) is 0.880. The van der Waals surface area contributed by atoms with Gasteiger partial charge in [-0.2, -0.15) is 9.97 Å². The molecule has 1 aliphatic rings. The van der Waals surface area contributed by atoms with Crippen molar-refractivity contribution in [3.8, 4) is 11.8 Å². The van der Waals surface area contributed by atoms with E-state index in [1.165, 1.54) is 11.1 Å². The van der Waals surface area contributed by atoms with Crippen LogP contribution in [0.1, 0.15) is 17.2 Å². The van der Waals surface area contributed by atoms with Gasteiger partial charge in [0.05, 0.1) is 31.7 Å². The van der Waals surface area contributed by atoms with Crippen LogP contribution in [0.3, 0.4) is 0 Å². The standard InChI is InChI=1S/C15H16ClN3O2/c1-20-12-8-13(21-2)18-15(17-12)19-14-10-6-4-3-5-9(10)7-11(14)16/h3-6,8,11,14H,7H2,1-2H3,(H,17,18,19). The molecule has 1 N–H and O–H groups in total. The van der Waals surface area contributed by atoms with Crippen LogP contribution in [0.2, 0.25) is 0 Å². The number of methoxy groups -OCH3 is 2. The highest BCUT2D eigenvalue weighted by Crippen LogP contribution is 2.36. The summed E-state index contributed by atoms with van der Waals surface area (Å²) < 4.78 is 10.3. The first-order valence-corrected chi connectivity index (χ1v) is 7.10. The molecule has 1 aromatic carbocycles. The highest BCUT2D eigenvalue weighted by atomic mass is 35.5. The third-order valence-corrected chi connectivity index (χ3v) is 3.96. The lowest BCUT2D eigenvalue weighted by molar-refractivity contribution is 0.372. The Morgan fingerprint density at radius 2 is 1.81 bits per heavy atom. The van der Waals surface area contributed by atoms with Gasteiger partial charge in [0.15, 0.2) is 0 Å². The summed E-state index contributed by atoms with van der Waals surface area (Å²) in [6.45, 7) is 0. The van der Waals surface area contributed by atoms with Crippen LogP contribution in [0.5, 0.6) is 11.8 Å². The molecule has 0 fully saturated rings. The zero-order valence-corrected chi connectivity index (χ0v) is 12.6. The van der Waals surface area contributed by atoms with Gasteiger partial charge in [-0.15, -0.1) is 11.6 Å². The van der Waals surface area contributed by atoms with Crippen molar-refractivity contribution < 1.29 is 9.47 Å². The Morgan fingerprint density at radius 3 is 2.48 bits per heavy atom. The van der Waals surface area contributed by atoms with Crippen molar-refractivity contribution in [1.29, 1.82) is 0 Å². The molecule has 0 radical (unpaired) electrons. The van der Waals surface area contributed by atoms with E-state index in [9.17, 15) is 0 Å². The van der Waals surface area contributed by atoms with Crippen molar-refractivity contribution in [2.45, 2.75) is 17.8 Å². The van der Waals surface area contributed by atoms with Gasteiger partial charge in [0, 0.05) is 0 Å². The number of hydrogen-bond donors (Lipinski definition) is 1. The summed E-state index contributed by atoms with van der Waals surface area (Å²) in [5, 5.41) is 3.24. The van der Waals surface area contributed by atoms with Gasteiger partial charge in [-0.25, -0.2) is 0 Å². The van der Waals surface area contributed by atoms with Crippen LogP contribution >= 0.6 is 11.6 Å². The van der Waals surface area contributed by atoms with Crippen molar-refractivity contribution in [3.05, 3.63) is 41.5 Å². The topological polar surface area (TPSA) is 56.3 Å². The minimum absolute atomic E-state index is 0.0281. The van der Waals surface area contributed by atoms with Gasteiger partial charge in [0.2, 0.25) is 17.7 Å². The molecular weight excluding hydrogens is 290 g/mol. The lowest BCUT2D eigenvalue weighted by Crippen LogP contribution is -2.18. The number of aromatic nitrogens is 2. The molecule has 2 aromatic rings. The number of rotatable bonds is 4. The molecule has 0 saturated carbocycles. The molecule has 3 rings (SSSR count). The Morgan fingerprint density at radius 1 is 1.14 bits per heavy atom. The molecule has 2 atom stereocenters. The molecule has 0 spiro atoms. The number of ether oxygens (including phenoxy) is 2. The zero-order chi connectivity index (χ0) is 14.8. The normalized spacial score (nSPS) is 20.0. The van der Waals surface area contributed by atoms with Crippen LogP contribution < -0.4 is 14.8 Å². The second-order valence-corrected chi connectivity index (χ2v) is 5.38. The van der Waals surface area contributed by atoms with E-state index < -0.39 is 0 Å². The van der Waals surface area contributed by atoms with Crippen molar-refractivity contribution in [2.75, 3.05) is 19.5 Å². The SMILES string of the molecule is COc1cc(OC)nc(NC2c3ccccc3CC2Cl)n1. The smallest absolute Gasteiger partial charge is 0.229 e. The van der Waals surface area contributed by atoms with E-state index in [2.05, 4.69) is 27.4 Å². The number of nitrogens with zero attached hydrogens (tertiary/aromatic N) is 2. The largest absolute Gasteiger partial charge is 0.481 e. The number of nitrogens with one attached hydrogen (secondary N) is 1. The summed E-state index contributed by atoms with van der Waals surface area (Å²) >= 11 is 6.46. The maximum Gasteiger partial charge on any atom is 0.229 e. The molecule has 1 heterocycles. The van der Waals surface area contributed by atoms with Gasteiger partial charge >= 0.3 is 0 Å². The first-order chi connectivity index (χ1) is 10.2. The molecule has 0 bridgehead atoms. The number of fused-ring (bicyclic) bond motifs is 1. The van der Waals surface area contributed by atoms with Gasteiger partial charge in [-0.3, -0.25) is 0 Å². The van der Waals surface area contributed by atoms with Gasteiger partial charge in [0.1, 0.15) is 0 Å². The van der Waals surface area contributed by atoms with Crippen LogP contribution in [0.25, 0.3) is 0 Å². The summed E-state index contributed by atoms with van der Waals surface area (Å²) in [6.07, 6.45) is 0.830. The Labute approximate surface area is 128 Å². The Kier molecular flexibility index (Phi) is 3.84. The average Bonchev–Trinajstić information content (AvgIpc) is 2.83. The molecule has 21 heavy (non-hydrogen) atoms. The number of hydrogen-bond acceptors (Lipinski definition) is 5. The number of anilines is 1. The van der Waals surface area contributed by atoms with Crippen molar-refractivity contribution in [1.82, 2.24) is 9.97 Å². The lowest BCUT2D eigenvalue weighted by atomic mass is 10.1. The fourth-order valence-electron chi connectivity index (χ4n) is 2.53. The van der Waals surface area contributed by atoms with Crippen molar-refractivity contribution >= 4 is 17.5 Å². The van der Waals surface area contributed by atoms with E-state index in [-0.39, 0.29) is 11.4 Å². The average molecular weight is 306 g/mol. The molecule has 6 heteroatoms. The van der Waals surface area contributed by atoms with Gasteiger partial charge in [0.25, 0.3) is 0 Å². The molecule has 0 aliphatic heterocycles. The molecule has 0 saturated heterocycles. The fraction of sp³-hybridized carbons (Fsp3) is 0.333. The highest BCUT2D eigenvalue weighted by molar-refractivity contribution is 6.21. The molecule has 1 aliphatic carbocycles. The van der Waals surface area contributed by atoms with Crippen LogP contribution in [0.15, 0.2) is 30.3 Å². The van der Waals surface area contributed by atoms with Gasteiger partial charge < -0.3 is 14.8 Å². The minimum atomic E-state index is -0.0387. The number of benzene rings is 1. The minimum Gasteiger partial charge on any atom is -0.481 e. The van der Waals surface area contributed by atoms with Crippen LogP contribution in [-0.4, -0.2) is 29.6 Å². The zero-order valence-electron chi connectivity index (χ0n) is 11.8. The maximum atomic E-state index is 6.46. The fourth-order valence-corrected chi connectivity index (χ4v) is 2.90. The Balaban J connectivity index is 1.90. The van der Waals surface area contributed by atoms with Crippen LogP contribution in [0, 0.1) is 0 Å². The van der Waals surface area contributed by atoms with E-state index >= 15 is 0 Å². The first kappa shape index (κ1) is 13.9. The van der Waals surface area contributed by atoms with E-state index in [0.29, 0.717) is 17.7 Å². The third-order valence-electron chi connectivity index (χ3n) is 3.55. The molecule has 0 amide bonds.